The topological polar surface area (TPSA) is 109 Å². The number of hydrogen-bond acceptors (Lipinski definition) is 6. The van der Waals surface area contributed by atoms with Crippen molar-refractivity contribution in [1.82, 2.24) is 0 Å². The summed E-state index contributed by atoms with van der Waals surface area (Å²) in [7, 11) is -12.2. The molecule has 0 aromatic heterocycles. The first-order valence-electron chi connectivity index (χ1n) is 8.06. The van der Waals surface area contributed by atoms with E-state index >= 15 is 0 Å². The molecule has 1 saturated heterocycles. The molecule has 1 aliphatic rings. The molecule has 29 heavy (non-hydrogen) atoms. The fraction of sp³-hybridized carbons (Fsp3) is 0.312. The van der Waals surface area contributed by atoms with E-state index in [4.69, 9.17) is 0 Å². The van der Waals surface area contributed by atoms with Crippen molar-refractivity contribution in [3.63, 3.8) is 0 Å². The number of alkyl halides is 3. The Morgan fingerprint density at radius 2 is 1.69 bits per heavy atom. The molecule has 2 aromatic rings. The minimum absolute atomic E-state index is 0.122. The van der Waals surface area contributed by atoms with Crippen molar-refractivity contribution in [3.8, 4) is 5.75 Å². The van der Waals surface area contributed by atoms with Gasteiger partial charge in [-0.05, 0) is 25.1 Å². The summed E-state index contributed by atoms with van der Waals surface area (Å²) in [4.78, 5) is 12.7. The van der Waals surface area contributed by atoms with Crippen LogP contribution in [0.4, 0.5) is 13.2 Å². The second-order valence-electron chi connectivity index (χ2n) is 6.11. The van der Waals surface area contributed by atoms with Crippen LogP contribution in [0.3, 0.4) is 0 Å². The number of fused-ring (bicyclic) bond motifs is 1. The van der Waals surface area contributed by atoms with Crippen molar-refractivity contribution in [3.05, 3.63) is 40.5 Å². The van der Waals surface area contributed by atoms with Crippen LogP contribution in [0.2, 0.25) is 0 Å². The summed E-state index contributed by atoms with van der Waals surface area (Å²) in [5.41, 5.74) is -5.87. The van der Waals surface area contributed by atoms with E-state index in [9.17, 15) is 34.8 Å². The minimum atomic E-state index is -6.29. The maximum Gasteiger partial charge on any atom is 0.480 e. The molecule has 0 radical (unpaired) electrons. The van der Waals surface area contributed by atoms with Gasteiger partial charge in [0.05, 0.1) is 6.42 Å². The van der Waals surface area contributed by atoms with E-state index in [0.717, 1.165) is 4.90 Å². The van der Waals surface area contributed by atoms with Crippen molar-refractivity contribution < 1.29 is 39.0 Å². The van der Waals surface area contributed by atoms with Gasteiger partial charge in [-0.3, -0.25) is 4.79 Å². The summed E-state index contributed by atoms with van der Waals surface area (Å²) in [6.45, 7) is 1.81. The van der Waals surface area contributed by atoms with Crippen LogP contribution in [-0.2, 0) is 36.0 Å². The van der Waals surface area contributed by atoms with Crippen LogP contribution in [0.15, 0.2) is 41.3 Å². The normalized spacial score (nSPS) is 20.9. The Morgan fingerprint density at radius 1 is 1.07 bits per heavy atom. The van der Waals surface area contributed by atoms with E-state index in [-0.39, 0.29) is 22.2 Å². The van der Waals surface area contributed by atoms with Gasteiger partial charge in [0, 0.05) is 21.7 Å². The molecule has 158 valence electrons. The first kappa shape index (κ1) is 21.9. The maximum absolute atomic E-state index is 12.4. The van der Waals surface area contributed by atoms with E-state index in [1.165, 1.54) is 18.2 Å². The van der Waals surface area contributed by atoms with Gasteiger partial charge in [0.15, 0.2) is 26.0 Å². The fourth-order valence-electron chi connectivity index (χ4n) is 2.89. The fourth-order valence-corrected chi connectivity index (χ4v) is 7.19. The third-order valence-electron chi connectivity index (χ3n) is 4.25. The molecular weight excluding hydrogens is 455 g/mol. The average molecular weight is 469 g/mol. The van der Waals surface area contributed by atoms with Gasteiger partial charge in [-0.15, -0.1) is 0 Å². The van der Waals surface area contributed by atoms with Crippen LogP contribution in [-0.4, -0.2) is 39.1 Å². The molecule has 13 heteroatoms. The lowest BCUT2D eigenvalue weighted by molar-refractivity contribution is -0.117. The van der Waals surface area contributed by atoms with Gasteiger partial charge in [-0.25, -0.2) is 16.8 Å². The molecule has 0 saturated carbocycles. The Hall–Kier alpha value is -1.83. The van der Waals surface area contributed by atoms with Gasteiger partial charge in [0.25, 0.3) is 0 Å². The predicted octanol–water partition coefficient (Wildman–Crippen LogP) is 3.03. The second kappa shape index (κ2) is 7.45. The first-order chi connectivity index (χ1) is 13.3. The van der Waals surface area contributed by atoms with Crippen molar-refractivity contribution >= 4 is 47.8 Å². The van der Waals surface area contributed by atoms with Crippen molar-refractivity contribution in [2.45, 2.75) is 29.0 Å². The zero-order valence-corrected chi connectivity index (χ0v) is 17.2. The number of benzene rings is 2. The molecule has 1 aliphatic heterocycles. The Morgan fingerprint density at radius 3 is 2.24 bits per heavy atom. The molecule has 3 rings (SSSR count). The quantitative estimate of drug-likeness (QED) is 0.623. The lowest BCUT2D eigenvalue weighted by Crippen LogP contribution is -2.25. The third kappa shape index (κ3) is 4.37. The summed E-state index contributed by atoms with van der Waals surface area (Å²) in [6, 6.07) is 9.12. The number of hydrogen-bond donors (Lipinski definition) is 0. The predicted molar refractivity (Wildman–Crippen MR) is 101 cm³/mol. The van der Waals surface area contributed by atoms with Crippen molar-refractivity contribution in [2.75, 3.05) is 5.75 Å². The molecule has 2 aromatic carbocycles. The smallest absolute Gasteiger partial charge is 0.394 e. The zero-order chi connectivity index (χ0) is 21.6. The molecule has 2 atom stereocenters. The Labute approximate surface area is 167 Å². The van der Waals surface area contributed by atoms with Crippen molar-refractivity contribution in [1.29, 1.82) is 0 Å². The standard InChI is InChI=1S/C16H14F3NO6S3/c1-10-13(21)8-9-27(10)15-7-6-14(11-4-2-3-5-12(11)15)26-29(24,25)20-28(22,23)16(17,18)19/h2-7,10H,8-9H2,1H3. The molecule has 1 fully saturated rings. The van der Waals surface area contributed by atoms with E-state index < -0.39 is 36.7 Å². The van der Waals surface area contributed by atoms with Crippen LogP contribution in [0, 0.1) is 0 Å². The molecule has 0 spiro atoms. The highest BCUT2D eigenvalue weighted by molar-refractivity contribution is 8.10. The highest BCUT2D eigenvalue weighted by Crippen LogP contribution is 2.38. The minimum Gasteiger partial charge on any atom is -0.394 e. The van der Waals surface area contributed by atoms with Gasteiger partial charge in [-0.2, -0.15) is 13.2 Å². The highest BCUT2D eigenvalue weighted by Gasteiger charge is 2.43. The summed E-state index contributed by atoms with van der Waals surface area (Å²) in [6.07, 6.45) is 0.430. The van der Waals surface area contributed by atoms with E-state index in [2.05, 4.69) is 4.18 Å². The van der Waals surface area contributed by atoms with Gasteiger partial charge >= 0.3 is 5.51 Å². The van der Waals surface area contributed by atoms with E-state index in [1.807, 2.05) is 11.1 Å². The van der Waals surface area contributed by atoms with E-state index in [1.54, 1.807) is 18.2 Å². The largest absolute Gasteiger partial charge is 0.480 e. The van der Waals surface area contributed by atoms with Crippen LogP contribution >= 0.6 is 0 Å². The summed E-state index contributed by atoms with van der Waals surface area (Å²) < 4.78 is 89.5. The summed E-state index contributed by atoms with van der Waals surface area (Å²) in [5, 5.41) is 0.594. The number of ketones is 1. The maximum atomic E-state index is 12.4. The molecule has 2 unspecified atom stereocenters. The van der Waals surface area contributed by atoms with Gasteiger partial charge in [0.1, 0.15) is 11.5 Å². The number of nitrogens with zero attached hydrogens (tertiary/aromatic N) is 1. The number of sulfonamides is 1. The molecule has 0 aliphatic carbocycles. The van der Waals surface area contributed by atoms with E-state index in [0.29, 0.717) is 17.6 Å². The second-order valence-corrected chi connectivity index (χ2v) is 11.5. The van der Waals surface area contributed by atoms with Crippen molar-refractivity contribution in [2.24, 2.45) is 0 Å². The SMILES string of the molecule is CC1C(=O)CC[S+]1c1ccc(OS(=O)(=O)[N-]S(=O)(=O)C(F)(F)F)c2ccccc12. The number of Topliss-reactive ketones (excluding diaryl/α,β-unsaturated/α-hetero) is 1. The molecule has 0 bridgehead atoms. The van der Waals surface area contributed by atoms with Gasteiger partial charge in [0.2, 0.25) is 10.3 Å². The average Bonchev–Trinajstić information content (AvgIpc) is 2.92. The summed E-state index contributed by atoms with van der Waals surface area (Å²) in [5.74, 6) is 0.394. The monoisotopic (exact) mass is 469 g/mol. The Kier molecular flexibility index (Phi) is 5.62. The zero-order valence-electron chi connectivity index (χ0n) is 14.7. The van der Waals surface area contributed by atoms with Crippen LogP contribution in [0.25, 0.3) is 14.9 Å². The number of rotatable bonds is 5. The van der Waals surface area contributed by atoms with Gasteiger partial charge in [-0.1, -0.05) is 18.2 Å². The lowest BCUT2D eigenvalue weighted by atomic mass is 10.1. The van der Waals surface area contributed by atoms with Gasteiger partial charge < -0.3 is 8.31 Å². The molecule has 0 amide bonds. The number of carbonyl (C=O) groups excluding carboxylic acids is 1. The Balaban J connectivity index is 2.00. The number of carbonyl (C=O) groups is 1. The Bertz CT molecular complexity index is 1180. The lowest BCUT2D eigenvalue weighted by Gasteiger charge is -2.22. The molecule has 7 nitrogen and oxygen atoms in total. The third-order valence-corrected chi connectivity index (χ3v) is 9.42. The van der Waals surface area contributed by atoms with Crippen LogP contribution in [0.1, 0.15) is 13.3 Å². The highest BCUT2D eigenvalue weighted by atomic mass is 32.3. The summed E-state index contributed by atoms with van der Waals surface area (Å²) >= 11 is 0. The molecule has 0 N–H and O–H groups in total. The first-order valence-corrected chi connectivity index (χ1v) is 12.3. The van der Waals surface area contributed by atoms with Crippen LogP contribution in [0.5, 0.6) is 5.75 Å². The number of halogens is 3. The van der Waals surface area contributed by atoms with Crippen LogP contribution < -0.4 is 4.18 Å². The molecule has 1 heterocycles. The molecular formula is C16H14F3NO6S3.